The van der Waals surface area contributed by atoms with Gasteiger partial charge in [-0.05, 0) is 55.0 Å². The van der Waals surface area contributed by atoms with Gasteiger partial charge in [0, 0.05) is 33.3 Å². The second-order valence-electron chi connectivity index (χ2n) is 7.29. The highest BCUT2D eigenvalue weighted by molar-refractivity contribution is 7.13. The zero-order valence-electron chi connectivity index (χ0n) is 18.7. The topological polar surface area (TPSA) is 60.5 Å². The molecule has 0 aliphatic rings. The molecule has 34 heavy (non-hydrogen) atoms. The first-order chi connectivity index (χ1) is 16.6. The predicted octanol–water partition coefficient (Wildman–Crippen LogP) is 7.19. The molecule has 7 heteroatoms. The van der Waals surface area contributed by atoms with E-state index in [9.17, 15) is 4.79 Å². The van der Waals surface area contributed by atoms with E-state index in [1.54, 1.807) is 24.5 Å². The number of aromatic nitrogens is 1. The molecule has 1 N–H and O–H groups in total. The van der Waals surface area contributed by atoms with Crippen LogP contribution in [0.3, 0.4) is 0 Å². The second kappa shape index (κ2) is 11.0. The Morgan fingerprint density at radius 2 is 1.76 bits per heavy atom. The third-order valence-corrected chi connectivity index (χ3v) is 6.10. The van der Waals surface area contributed by atoms with E-state index in [2.05, 4.69) is 5.32 Å². The van der Waals surface area contributed by atoms with Crippen molar-refractivity contribution in [3.05, 3.63) is 88.8 Å². The lowest BCUT2D eigenvalue weighted by Crippen LogP contribution is -2.07. The van der Waals surface area contributed by atoms with Crippen LogP contribution >= 0.6 is 22.9 Å². The summed E-state index contributed by atoms with van der Waals surface area (Å²) in [4.78, 5) is 17.1. The quantitative estimate of drug-likeness (QED) is 0.265. The van der Waals surface area contributed by atoms with Crippen molar-refractivity contribution in [2.75, 3.05) is 19.0 Å². The van der Waals surface area contributed by atoms with Crippen molar-refractivity contribution < 1.29 is 14.3 Å². The van der Waals surface area contributed by atoms with Crippen LogP contribution in [0.2, 0.25) is 5.02 Å². The molecule has 1 amide bonds. The summed E-state index contributed by atoms with van der Waals surface area (Å²) >= 11 is 7.55. The summed E-state index contributed by atoms with van der Waals surface area (Å²) < 4.78 is 10.9. The number of halogens is 1. The van der Waals surface area contributed by atoms with E-state index in [0.717, 1.165) is 27.4 Å². The highest BCUT2D eigenvalue weighted by Crippen LogP contribution is 2.30. The number of carbonyl (C=O) groups excluding carboxylic acids is 1. The molecule has 0 aliphatic heterocycles. The number of ether oxygens (including phenoxy) is 2. The molecule has 3 aromatic carbocycles. The van der Waals surface area contributed by atoms with Crippen LogP contribution in [-0.4, -0.2) is 24.6 Å². The Morgan fingerprint density at radius 3 is 2.47 bits per heavy atom. The molecule has 0 fully saturated rings. The minimum atomic E-state index is -0.223. The molecule has 0 saturated heterocycles. The lowest BCUT2D eigenvalue weighted by Gasteiger charge is -2.09. The van der Waals surface area contributed by atoms with E-state index in [0.29, 0.717) is 28.8 Å². The molecule has 0 radical (unpaired) electrons. The summed E-state index contributed by atoms with van der Waals surface area (Å²) in [6, 6.07) is 20.8. The average Bonchev–Trinajstić information content (AvgIpc) is 3.35. The first-order valence-corrected chi connectivity index (χ1v) is 11.9. The maximum Gasteiger partial charge on any atom is 0.248 e. The molecule has 1 heterocycles. The second-order valence-corrected chi connectivity index (χ2v) is 8.58. The molecule has 0 bridgehead atoms. The Labute approximate surface area is 207 Å². The van der Waals surface area contributed by atoms with Crippen LogP contribution in [0.1, 0.15) is 12.5 Å². The lowest BCUT2D eigenvalue weighted by molar-refractivity contribution is -0.111. The number of amides is 1. The van der Waals surface area contributed by atoms with Crippen molar-refractivity contribution in [2.24, 2.45) is 0 Å². The molecule has 0 unspecified atom stereocenters. The van der Waals surface area contributed by atoms with Gasteiger partial charge in [-0.15, -0.1) is 11.3 Å². The standard InChI is InChI=1S/C27H23ClN2O3S/c1-3-33-24-14-4-18(16-25(24)32-2)5-15-26(31)29-22-12-8-19(9-13-22)23-17-34-27(30-23)20-6-10-21(28)11-7-20/h4-17H,3H2,1-2H3,(H,29,31)/b15-5+. The maximum atomic E-state index is 12.4. The zero-order chi connectivity index (χ0) is 23.9. The Kier molecular flexibility index (Phi) is 7.62. The summed E-state index contributed by atoms with van der Waals surface area (Å²) in [6.07, 6.45) is 3.22. The monoisotopic (exact) mass is 490 g/mol. The van der Waals surface area contributed by atoms with Gasteiger partial charge in [0.15, 0.2) is 11.5 Å². The molecule has 0 spiro atoms. The average molecular weight is 491 g/mol. The number of hydrogen-bond donors (Lipinski definition) is 1. The number of anilines is 1. The Balaban J connectivity index is 1.39. The lowest BCUT2D eigenvalue weighted by atomic mass is 10.1. The molecular weight excluding hydrogens is 468 g/mol. The van der Waals surface area contributed by atoms with Gasteiger partial charge < -0.3 is 14.8 Å². The molecule has 4 rings (SSSR count). The number of hydrogen-bond acceptors (Lipinski definition) is 5. The zero-order valence-corrected chi connectivity index (χ0v) is 20.3. The largest absolute Gasteiger partial charge is 0.493 e. The SMILES string of the molecule is CCOc1ccc(/C=C/C(=O)Nc2ccc(-c3csc(-c4ccc(Cl)cc4)n3)cc2)cc1OC. The molecular formula is C27H23ClN2O3S. The van der Waals surface area contributed by atoms with Crippen LogP contribution < -0.4 is 14.8 Å². The fourth-order valence-electron chi connectivity index (χ4n) is 3.27. The third kappa shape index (κ3) is 5.84. The van der Waals surface area contributed by atoms with Crippen LogP contribution in [-0.2, 0) is 4.79 Å². The van der Waals surface area contributed by atoms with Crippen molar-refractivity contribution in [3.63, 3.8) is 0 Å². The van der Waals surface area contributed by atoms with E-state index >= 15 is 0 Å². The van der Waals surface area contributed by atoms with Gasteiger partial charge in [-0.3, -0.25) is 4.79 Å². The van der Waals surface area contributed by atoms with Crippen molar-refractivity contribution in [2.45, 2.75) is 6.92 Å². The highest BCUT2D eigenvalue weighted by Gasteiger charge is 2.08. The number of methoxy groups -OCH3 is 1. The van der Waals surface area contributed by atoms with Crippen LogP contribution in [0.5, 0.6) is 11.5 Å². The van der Waals surface area contributed by atoms with E-state index in [-0.39, 0.29) is 5.91 Å². The van der Waals surface area contributed by atoms with Gasteiger partial charge in [0.05, 0.1) is 19.4 Å². The molecule has 4 aromatic rings. The Hall–Kier alpha value is -3.61. The third-order valence-electron chi connectivity index (χ3n) is 4.96. The van der Waals surface area contributed by atoms with Gasteiger partial charge in [0.1, 0.15) is 5.01 Å². The van der Waals surface area contributed by atoms with E-state index in [1.807, 2.05) is 79.0 Å². The molecule has 0 atom stereocenters. The van der Waals surface area contributed by atoms with Crippen molar-refractivity contribution in [1.29, 1.82) is 0 Å². The summed E-state index contributed by atoms with van der Waals surface area (Å²) in [6.45, 7) is 2.47. The van der Waals surface area contributed by atoms with E-state index < -0.39 is 0 Å². The maximum absolute atomic E-state index is 12.4. The van der Waals surface area contributed by atoms with Crippen molar-refractivity contribution >= 4 is 40.6 Å². The van der Waals surface area contributed by atoms with E-state index in [1.165, 1.54) is 6.08 Å². The van der Waals surface area contributed by atoms with Gasteiger partial charge in [-0.1, -0.05) is 41.9 Å². The van der Waals surface area contributed by atoms with Crippen molar-refractivity contribution in [3.8, 4) is 33.3 Å². The van der Waals surface area contributed by atoms with Gasteiger partial charge in [0.25, 0.3) is 0 Å². The number of thiazole rings is 1. The molecule has 0 aliphatic carbocycles. The highest BCUT2D eigenvalue weighted by atomic mass is 35.5. The first-order valence-electron chi connectivity index (χ1n) is 10.7. The summed E-state index contributed by atoms with van der Waals surface area (Å²) in [5.74, 6) is 1.08. The summed E-state index contributed by atoms with van der Waals surface area (Å²) in [5, 5.41) is 6.53. The Morgan fingerprint density at radius 1 is 1.03 bits per heavy atom. The molecule has 172 valence electrons. The number of benzene rings is 3. The van der Waals surface area contributed by atoms with Crippen LogP contribution in [0.25, 0.3) is 27.9 Å². The van der Waals surface area contributed by atoms with Gasteiger partial charge in [-0.25, -0.2) is 4.98 Å². The smallest absolute Gasteiger partial charge is 0.248 e. The van der Waals surface area contributed by atoms with Gasteiger partial charge >= 0.3 is 0 Å². The molecule has 1 aromatic heterocycles. The summed E-state index contributed by atoms with van der Waals surface area (Å²) in [5.41, 5.74) is 4.44. The number of nitrogens with zero attached hydrogens (tertiary/aromatic N) is 1. The number of nitrogens with one attached hydrogen (secondary N) is 1. The first kappa shape index (κ1) is 23.5. The molecule has 5 nitrogen and oxygen atoms in total. The summed E-state index contributed by atoms with van der Waals surface area (Å²) in [7, 11) is 1.59. The van der Waals surface area contributed by atoms with Crippen molar-refractivity contribution in [1.82, 2.24) is 4.98 Å². The fourth-order valence-corrected chi connectivity index (χ4v) is 4.24. The number of carbonyl (C=O) groups is 1. The van der Waals surface area contributed by atoms with Gasteiger partial charge in [-0.2, -0.15) is 0 Å². The van der Waals surface area contributed by atoms with Crippen LogP contribution in [0, 0.1) is 0 Å². The van der Waals surface area contributed by atoms with Crippen LogP contribution in [0.4, 0.5) is 5.69 Å². The predicted molar refractivity (Wildman–Crippen MR) is 140 cm³/mol. The number of rotatable bonds is 8. The Bertz CT molecular complexity index is 1300. The molecule has 0 saturated carbocycles. The van der Waals surface area contributed by atoms with E-state index in [4.69, 9.17) is 26.1 Å². The fraction of sp³-hybridized carbons (Fsp3) is 0.111. The minimum absolute atomic E-state index is 0.223. The van der Waals surface area contributed by atoms with Crippen LogP contribution in [0.15, 0.2) is 78.2 Å². The normalized spacial score (nSPS) is 10.9. The van der Waals surface area contributed by atoms with Gasteiger partial charge in [0.2, 0.25) is 5.91 Å². The minimum Gasteiger partial charge on any atom is -0.493 e.